The summed E-state index contributed by atoms with van der Waals surface area (Å²) in [6.45, 7) is 0.447. The summed E-state index contributed by atoms with van der Waals surface area (Å²) >= 11 is 0. The van der Waals surface area contributed by atoms with E-state index in [-0.39, 0.29) is 31.9 Å². The zero-order chi connectivity index (χ0) is 31.3. The van der Waals surface area contributed by atoms with Gasteiger partial charge in [0.25, 0.3) is 5.91 Å². The first kappa shape index (κ1) is 30.5. The van der Waals surface area contributed by atoms with Crippen LogP contribution in [0.3, 0.4) is 0 Å². The fraction of sp³-hybridized carbons (Fsp3) is 0.188. The molecule has 228 valence electrons. The van der Waals surface area contributed by atoms with Gasteiger partial charge in [-0.25, -0.2) is 4.98 Å². The van der Waals surface area contributed by atoms with Gasteiger partial charge in [0.05, 0.1) is 16.6 Å². The molecule has 0 unspecified atom stereocenters. The van der Waals surface area contributed by atoms with Gasteiger partial charge >= 0.3 is 12.5 Å². The summed E-state index contributed by atoms with van der Waals surface area (Å²) in [5.74, 6) is 0.367. The van der Waals surface area contributed by atoms with E-state index in [1.165, 1.54) is 30.3 Å². The van der Waals surface area contributed by atoms with E-state index in [2.05, 4.69) is 15.0 Å². The summed E-state index contributed by atoms with van der Waals surface area (Å²) in [6, 6.07) is 24.4. The predicted molar refractivity (Wildman–Crippen MR) is 150 cm³/mol. The van der Waals surface area contributed by atoms with Crippen molar-refractivity contribution in [3.8, 4) is 11.5 Å². The number of hydrogen-bond donors (Lipinski definition) is 1. The maximum absolute atomic E-state index is 13.0. The fourth-order valence-corrected chi connectivity index (χ4v) is 4.58. The molecule has 0 spiro atoms. The number of fused-ring (bicyclic) bond motifs is 1. The molecule has 0 fully saturated rings. The maximum atomic E-state index is 13.0. The van der Waals surface area contributed by atoms with Gasteiger partial charge in [0.15, 0.2) is 0 Å². The van der Waals surface area contributed by atoms with Crippen molar-refractivity contribution in [2.45, 2.75) is 32.1 Å². The Morgan fingerprint density at radius 2 is 1.55 bits per heavy atom. The molecule has 4 aromatic carbocycles. The number of hydrogen-bond acceptors (Lipinski definition) is 4. The number of amides is 1. The lowest BCUT2D eigenvalue weighted by molar-refractivity contribution is -0.274. The molecule has 6 nitrogen and oxygen atoms in total. The normalized spacial score (nSPS) is 11.9. The Hall–Kier alpha value is -5.00. The molecule has 0 aliphatic rings. The van der Waals surface area contributed by atoms with Crippen molar-refractivity contribution in [1.29, 1.82) is 0 Å². The van der Waals surface area contributed by atoms with Gasteiger partial charge in [0, 0.05) is 18.7 Å². The quantitative estimate of drug-likeness (QED) is 0.165. The number of carbonyl (C=O) groups excluding carboxylic acids is 1. The highest BCUT2D eigenvalue weighted by Crippen LogP contribution is 2.30. The average molecular weight is 614 g/mol. The molecule has 1 heterocycles. The fourth-order valence-electron chi connectivity index (χ4n) is 4.58. The van der Waals surface area contributed by atoms with Crippen LogP contribution in [0.5, 0.6) is 11.5 Å². The average Bonchev–Trinajstić information content (AvgIpc) is 3.32. The first-order chi connectivity index (χ1) is 20.9. The van der Waals surface area contributed by atoms with Crippen molar-refractivity contribution in [2.75, 3.05) is 6.54 Å². The van der Waals surface area contributed by atoms with E-state index in [1.54, 1.807) is 36.4 Å². The van der Waals surface area contributed by atoms with Crippen molar-refractivity contribution in [2.24, 2.45) is 0 Å². The summed E-state index contributed by atoms with van der Waals surface area (Å²) in [5.41, 5.74) is 1.81. The highest BCUT2D eigenvalue weighted by atomic mass is 19.4. The molecule has 0 aliphatic heterocycles. The van der Waals surface area contributed by atoms with Crippen LogP contribution in [0.1, 0.15) is 32.9 Å². The summed E-state index contributed by atoms with van der Waals surface area (Å²) in [6.07, 6.45) is -9.04. The second-order valence-electron chi connectivity index (χ2n) is 9.82. The number of imidazole rings is 1. The molecule has 5 rings (SSSR count). The van der Waals surface area contributed by atoms with Crippen LogP contribution in [0.25, 0.3) is 11.0 Å². The van der Waals surface area contributed by atoms with E-state index in [1.807, 2.05) is 22.8 Å². The number of rotatable bonds is 10. The second kappa shape index (κ2) is 12.7. The third-order valence-corrected chi connectivity index (χ3v) is 6.65. The first-order valence-corrected chi connectivity index (χ1v) is 13.4. The Balaban J connectivity index is 1.34. The van der Waals surface area contributed by atoms with Gasteiger partial charge in [-0.1, -0.05) is 48.5 Å². The molecular weight excluding hydrogens is 588 g/mol. The SMILES string of the molecule is O=C(NCCc1cccc(C(F)(F)F)c1)c1ccc2c(c1)nc(COc1ccccc1)n2Cc1ccc(OC(F)(F)F)cc1. The van der Waals surface area contributed by atoms with Crippen LogP contribution in [0.4, 0.5) is 26.3 Å². The lowest BCUT2D eigenvalue weighted by Crippen LogP contribution is -2.25. The van der Waals surface area contributed by atoms with E-state index in [9.17, 15) is 31.1 Å². The van der Waals surface area contributed by atoms with Gasteiger partial charge in [-0.3, -0.25) is 4.79 Å². The minimum atomic E-state index is -4.80. The van der Waals surface area contributed by atoms with Crippen molar-refractivity contribution >= 4 is 16.9 Å². The lowest BCUT2D eigenvalue weighted by Gasteiger charge is -2.12. The Labute approximate surface area is 247 Å². The molecule has 1 aromatic heterocycles. The Morgan fingerprint density at radius 3 is 2.25 bits per heavy atom. The molecule has 1 amide bonds. The summed E-state index contributed by atoms with van der Waals surface area (Å²) in [4.78, 5) is 17.6. The molecule has 0 atom stereocenters. The Morgan fingerprint density at radius 1 is 0.795 bits per heavy atom. The van der Waals surface area contributed by atoms with Gasteiger partial charge in [-0.15, -0.1) is 13.2 Å². The van der Waals surface area contributed by atoms with Crippen LogP contribution >= 0.6 is 0 Å². The number of carbonyl (C=O) groups is 1. The standard InChI is InChI=1S/C32H25F6N3O3/c33-31(34,35)24-6-4-5-21(17-24)15-16-39-30(42)23-11-14-28-27(18-23)40-29(20-43-25-7-2-1-3-8-25)41(28)19-22-9-12-26(13-10-22)44-32(36,37)38/h1-14,17-18H,15-16,19-20H2,(H,39,42). The number of para-hydroxylation sites is 1. The number of halogens is 6. The van der Waals surface area contributed by atoms with Gasteiger partial charge < -0.3 is 19.4 Å². The van der Waals surface area contributed by atoms with E-state index in [4.69, 9.17) is 4.74 Å². The van der Waals surface area contributed by atoms with Crippen LogP contribution < -0.4 is 14.8 Å². The minimum Gasteiger partial charge on any atom is -0.486 e. The topological polar surface area (TPSA) is 65.4 Å². The maximum Gasteiger partial charge on any atom is 0.573 e. The number of benzene rings is 4. The van der Waals surface area contributed by atoms with Crippen LogP contribution in [-0.4, -0.2) is 28.4 Å². The molecule has 0 bridgehead atoms. The van der Waals surface area contributed by atoms with E-state index in [0.29, 0.717) is 39.3 Å². The third-order valence-electron chi connectivity index (χ3n) is 6.65. The predicted octanol–water partition coefficient (Wildman–Crippen LogP) is 7.55. The number of ether oxygens (including phenoxy) is 2. The van der Waals surface area contributed by atoms with Gasteiger partial charge in [0.2, 0.25) is 0 Å². The number of nitrogens with one attached hydrogen (secondary N) is 1. The molecule has 0 radical (unpaired) electrons. The zero-order valence-electron chi connectivity index (χ0n) is 23.0. The van der Waals surface area contributed by atoms with Crippen molar-refractivity contribution in [1.82, 2.24) is 14.9 Å². The van der Waals surface area contributed by atoms with E-state index >= 15 is 0 Å². The summed E-state index contributed by atoms with van der Waals surface area (Å²) < 4.78 is 88.4. The van der Waals surface area contributed by atoms with Gasteiger partial charge in [-0.05, 0) is 66.1 Å². The van der Waals surface area contributed by atoms with Crippen molar-refractivity contribution < 1.29 is 40.6 Å². The monoisotopic (exact) mass is 613 g/mol. The van der Waals surface area contributed by atoms with Gasteiger partial charge in [-0.2, -0.15) is 13.2 Å². The Bertz CT molecular complexity index is 1730. The third kappa shape index (κ3) is 7.88. The van der Waals surface area contributed by atoms with E-state index in [0.717, 1.165) is 12.1 Å². The largest absolute Gasteiger partial charge is 0.573 e. The van der Waals surface area contributed by atoms with Crippen molar-refractivity contribution in [3.05, 3.63) is 125 Å². The second-order valence-corrected chi connectivity index (χ2v) is 9.82. The summed E-state index contributed by atoms with van der Waals surface area (Å²) in [5, 5.41) is 2.73. The van der Waals surface area contributed by atoms with Crippen LogP contribution in [0, 0.1) is 0 Å². The molecule has 0 saturated carbocycles. The molecule has 5 aromatic rings. The molecular formula is C32H25F6N3O3. The molecule has 0 saturated heterocycles. The van der Waals surface area contributed by atoms with Crippen molar-refractivity contribution in [3.63, 3.8) is 0 Å². The Kier molecular flexibility index (Phi) is 8.79. The first-order valence-electron chi connectivity index (χ1n) is 13.4. The number of alkyl halides is 6. The zero-order valence-corrected chi connectivity index (χ0v) is 23.0. The summed E-state index contributed by atoms with van der Waals surface area (Å²) in [7, 11) is 0. The van der Waals surface area contributed by atoms with Gasteiger partial charge in [0.1, 0.15) is 23.9 Å². The number of aromatic nitrogens is 2. The highest BCUT2D eigenvalue weighted by molar-refractivity contribution is 5.97. The van der Waals surface area contributed by atoms with E-state index < -0.39 is 24.0 Å². The molecule has 0 aliphatic carbocycles. The molecule has 12 heteroatoms. The van der Waals surface area contributed by atoms with Crippen LogP contribution in [0.2, 0.25) is 0 Å². The smallest absolute Gasteiger partial charge is 0.486 e. The molecule has 44 heavy (non-hydrogen) atoms. The van der Waals surface area contributed by atoms with Crippen LogP contribution in [0.15, 0.2) is 97.1 Å². The minimum absolute atomic E-state index is 0.0759. The van der Waals surface area contributed by atoms with Crippen LogP contribution in [-0.2, 0) is 25.7 Å². The highest BCUT2D eigenvalue weighted by Gasteiger charge is 2.31. The number of nitrogens with zero attached hydrogens (tertiary/aromatic N) is 2. The molecule has 1 N–H and O–H groups in total. The lowest BCUT2D eigenvalue weighted by atomic mass is 10.1.